The monoisotopic (exact) mass is 221 g/mol. The van der Waals surface area contributed by atoms with E-state index < -0.39 is 5.82 Å². The smallest absolute Gasteiger partial charge is 0.239 e. The molecule has 0 heterocycles. The van der Waals surface area contributed by atoms with Gasteiger partial charge in [0, 0.05) is 0 Å². The van der Waals surface area contributed by atoms with Crippen molar-refractivity contribution < 1.29 is 9.18 Å². The lowest BCUT2D eigenvalue weighted by Gasteiger charge is -2.04. The number of amides is 1. The molecule has 0 fully saturated rings. The van der Waals surface area contributed by atoms with E-state index in [4.69, 9.17) is 23.2 Å². The third-order valence-corrected chi connectivity index (χ3v) is 1.88. The van der Waals surface area contributed by atoms with Gasteiger partial charge in [-0.15, -0.1) is 11.6 Å². The Morgan fingerprint density at radius 2 is 2.23 bits per heavy atom. The van der Waals surface area contributed by atoms with Crippen molar-refractivity contribution in [2.75, 3.05) is 11.2 Å². The molecule has 1 aromatic carbocycles. The predicted molar refractivity (Wildman–Crippen MR) is 50.8 cm³/mol. The number of anilines is 1. The molecule has 0 saturated heterocycles. The zero-order chi connectivity index (χ0) is 9.84. The maximum Gasteiger partial charge on any atom is 0.239 e. The lowest BCUT2D eigenvalue weighted by molar-refractivity contribution is -0.113. The van der Waals surface area contributed by atoms with E-state index in [0.717, 1.165) is 6.07 Å². The molecule has 0 aliphatic carbocycles. The lowest BCUT2D eigenvalue weighted by atomic mass is 10.3. The van der Waals surface area contributed by atoms with Crippen molar-refractivity contribution in [3.05, 3.63) is 29.0 Å². The van der Waals surface area contributed by atoms with Crippen LogP contribution in [0.2, 0.25) is 5.02 Å². The Balaban J connectivity index is 2.83. The van der Waals surface area contributed by atoms with Gasteiger partial charge in [0.2, 0.25) is 5.91 Å². The third kappa shape index (κ3) is 2.86. The van der Waals surface area contributed by atoms with Gasteiger partial charge in [-0.1, -0.05) is 11.6 Å². The molecule has 0 aliphatic heterocycles. The molecule has 0 radical (unpaired) electrons. The van der Waals surface area contributed by atoms with Gasteiger partial charge in [0.05, 0.1) is 10.7 Å². The van der Waals surface area contributed by atoms with Crippen LogP contribution in [-0.4, -0.2) is 11.8 Å². The fourth-order valence-electron chi connectivity index (χ4n) is 0.774. The van der Waals surface area contributed by atoms with Gasteiger partial charge in [-0.25, -0.2) is 4.39 Å². The highest BCUT2D eigenvalue weighted by Crippen LogP contribution is 2.22. The summed E-state index contributed by atoms with van der Waals surface area (Å²) in [5.74, 6) is -0.989. The van der Waals surface area contributed by atoms with Gasteiger partial charge in [0.15, 0.2) is 0 Å². The normalized spacial score (nSPS) is 9.77. The van der Waals surface area contributed by atoms with E-state index in [1.165, 1.54) is 12.1 Å². The SMILES string of the molecule is O=C(CCl)Nc1ccc(F)cc1Cl. The number of carbonyl (C=O) groups excluding carboxylic acids is 1. The second kappa shape index (κ2) is 4.44. The molecular weight excluding hydrogens is 216 g/mol. The predicted octanol–water partition coefficient (Wildman–Crippen LogP) is 2.66. The van der Waals surface area contributed by atoms with Crippen molar-refractivity contribution in [1.29, 1.82) is 0 Å². The van der Waals surface area contributed by atoms with E-state index in [-0.39, 0.29) is 16.8 Å². The molecule has 2 nitrogen and oxygen atoms in total. The number of alkyl halides is 1. The first kappa shape index (κ1) is 10.3. The average Bonchev–Trinajstić information content (AvgIpc) is 2.09. The van der Waals surface area contributed by atoms with Crippen molar-refractivity contribution in [3.8, 4) is 0 Å². The Labute approximate surface area is 84.6 Å². The van der Waals surface area contributed by atoms with Crippen LogP contribution in [0.25, 0.3) is 0 Å². The first-order valence-electron chi connectivity index (χ1n) is 3.44. The molecule has 0 unspecified atom stereocenters. The Kier molecular flexibility index (Phi) is 3.51. The molecule has 0 aliphatic rings. The Hall–Kier alpha value is -0.800. The minimum atomic E-state index is -0.450. The first-order chi connectivity index (χ1) is 6.13. The second-order valence-corrected chi connectivity index (χ2v) is 2.98. The van der Waals surface area contributed by atoms with Crippen LogP contribution in [0.4, 0.5) is 10.1 Å². The van der Waals surface area contributed by atoms with E-state index in [1.54, 1.807) is 0 Å². The number of carbonyl (C=O) groups is 1. The number of halogens is 3. The number of rotatable bonds is 2. The molecule has 1 rings (SSSR count). The highest BCUT2D eigenvalue weighted by Gasteiger charge is 2.04. The number of benzene rings is 1. The number of nitrogens with one attached hydrogen (secondary N) is 1. The summed E-state index contributed by atoms with van der Waals surface area (Å²) in [6.07, 6.45) is 0. The van der Waals surface area contributed by atoms with Crippen LogP contribution in [0.15, 0.2) is 18.2 Å². The van der Waals surface area contributed by atoms with Crippen LogP contribution in [0.3, 0.4) is 0 Å². The largest absolute Gasteiger partial charge is 0.324 e. The highest BCUT2D eigenvalue weighted by molar-refractivity contribution is 6.34. The van der Waals surface area contributed by atoms with Gasteiger partial charge in [-0.05, 0) is 18.2 Å². The fourth-order valence-corrected chi connectivity index (χ4v) is 1.06. The van der Waals surface area contributed by atoms with Crippen LogP contribution < -0.4 is 5.32 Å². The zero-order valence-electron chi connectivity index (χ0n) is 6.48. The van der Waals surface area contributed by atoms with Crippen molar-refractivity contribution in [2.24, 2.45) is 0 Å². The maximum atomic E-state index is 12.5. The molecule has 70 valence electrons. The Morgan fingerprint density at radius 3 is 2.77 bits per heavy atom. The first-order valence-corrected chi connectivity index (χ1v) is 4.35. The van der Waals surface area contributed by atoms with Crippen LogP contribution in [0.1, 0.15) is 0 Å². The third-order valence-electron chi connectivity index (χ3n) is 1.33. The number of hydrogen-bond donors (Lipinski definition) is 1. The molecule has 0 atom stereocenters. The molecule has 0 bridgehead atoms. The van der Waals surface area contributed by atoms with Crippen molar-refractivity contribution in [1.82, 2.24) is 0 Å². The Morgan fingerprint density at radius 1 is 1.54 bits per heavy atom. The standard InChI is InChI=1S/C8H6Cl2FNO/c9-4-8(13)12-7-2-1-5(11)3-6(7)10/h1-3H,4H2,(H,12,13). The van der Waals surface area contributed by atoms with Crippen molar-refractivity contribution in [3.63, 3.8) is 0 Å². The summed E-state index contributed by atoms with van der Waals surface area (Å²) in [5.41, 5.74) is 0.355. The zero-order valence-corrected chi connectivity index (χ0v) is 7.99. The van der Waals surface area contributed by atoms with Gasteiger partial charge in [-0.3, -0.25) is 4.79 Å². The molecule has 13 heavy (non-hydrogen) atoms. The summed E-state index contributed by atoms with van der Waals surface area (Å²) in [5, 5.41) is 2.57. The Bertz CT molecular complexity index is 330. The molecular formula is C8H6Cl2FNO. The summed E-state index contributed by atoms with van der Waals surface area (Å²) in [7, 11) is 0. The molecule has 0 saturated carbocycles. The summed E-state index contributed by atoms with van der Waals surface area (Å²) >= 11 is 10.9. The van der Waals surface area contributed by atoms with Crippen LogP contribution in [0.5, 0.6) is 0 Å². The van der Waals surface area contributed by atoms with E-state index in [0.29, 0.717) is 5.69 Å². The minimum absolute atomic E-state index is 0.151. The van der Waals surface area contributed by atoms with Gasteiger partial charge < -0.3 is 5.32 Å². The number of hydrogen-bond acceptors (Lipinski definition) is 1. The van der Waals surface area contributed by atoms with Crippen LogP contribution in [-0.2, 0) is 4.79 Å². The topological polar surface area (TPSA) is 29.1 Å². The lowest BCUT2D eigenvalue weighted by Crippen LogP contribution is -2.12. The molecule has 5 heteroatoms. The summed E-state index contributed by atoms with van der Waals surface area (Å²) in [6, 6.07) is 3.70. The van der Waals surface area contributed by atoms with Gasteiger partial charge in [-0.2, -0.15) is 0 Å². The van der Waals surface area contributed by atoms with Gasteiger partial charge >= 0.3 is 0 Å². The minimum Gasteiger partial charge on any atom is -0.324 e. The maximum absolute atomic E-state index is 12.5. The second-order valence-electron chi connectivity index (χ2n) is 2.31. The van der Waals surface area contributed by atoms with Crippen LogP contribution in [0, 0.1) is 5.82 Å². The quantitative estimate of drug-likeness (QED) is 0.765. The van der Waals surface area contributed by atoms with E-state index in [1.807, 2.05) is 0 Å². The van der Waals surface area contributed by atoms with Crippen molar-refractivity contribution in [2.45, 2.75) is 0 Å². The fraction of sp³-hybridized carbons (Fsp3) is 0.125. The summed E-state index contributed by atoms with van der Waals surface area (Å²) in [6.45, 7) is 0. The molecule has 1 amide bonds. The van der Waals surface area contributed by atoms with E-state index >= 15 is 0 Å². The molecule has 1 N–H and O–H groups in total. The highest BCUT2D eigenvalue weighted by atomic mass is 35.5. The summed E-state index contributed by atoms with van der Waals surface area (Å²) < 4.78 is 12.5. The average molecular weight is 222 g/mol. The molecule has 0 spiro atoms. The van der Waals surface area contributed by atoms with Crippen LogP contribution >= 0.6 is 23.2 Å². The molecule has 1 aromatic rings. The van der Waals surface area contributed by atoms with Gasteiger partial charge in [0.1, 0.15) is 11.7 Å². The summed E-state index contributed by atoms with van der Waals surface area (Å²) in [4.78, 5) is 10.8. The van der Waals surface area contributed by atoms with E-state index in [9.17, 15) is 9.18 Å². The molecule has 0 aromatic heterocycles. The van der Waals surface area contributed by atoms with Crippen molar-refractivity contribution >= 4 is 34.8 Å². The van der Waals surface area contributed by atoms with E-state index in [2.05, 4.69) is 5.32 Å². The van der Waals surface area contributed by atoms with Gasteiger partial charge in [0.25, 0.3) is 0 Å².